The van der Waals surface area contributed by atoms with Crippen LogP contribution in [-0.2, 0) is 0 Å². The molecule has 1 N–H and O–H groups in total. The molecule has 3 aromatic carbocycles. The van der Waals surface area contributed by atoms with E-state index in [-0.39, 0.29) is 0 Å². The molecule has 0 amide bonds. The van der Waals surface area contributed by atoms with Gasteiger partial charge < -0.3 is 10.1 Å². The third kappa shape index (κ3) is 3.70. The van der Waals surface area contributed by atoms with Gasteiger partial charge in [-0.05, 0) is 24.3 Å². The summed E-state index contributed by atoms with van der Waals surface area (Å²) in [5.41, 5.74) is 2.88. The van der Waals surface area contributed by atoms with Crippen LogP contribution < -0.4 is 10.1 Å². The summed E-state index contributed by atoms with van der Waals surface area (Å²) in [7, 11) is 0. The molecular formula is C21H16N2OS. The second-order valence-electron chi connectivity index (χ2n) is 5.43. The number of hydrogen-bond acceptors (Lipinski definition) is 4. The highest BCUT2D eigenvalue weighted by molar-refractivity contribution is 7.18. The van der Waals surface area contributed by atoms with Gasteiger partial charge in [0.25, 0.3) is 0 Å². The highest BCUT2D eigenvalue weighted by atomic mass is 32.1. The van der Waals surface area contributed by atoms with Gasteiger partial charge in [-0.2, -0.15) is 0 Å². The lowest BCUT2D eigenvalue weighted by molar-refractivity contribution is 0.497. The molecular weight excluding hydrogens is 328 g/mol. The van der Waals surface area contributed by atoms with Crippen molar-refractivity contribution in [2.75, 3.05) is 5.32 Å². The predicted molar refractivity (Wildman–Crippen MR) is 104 cm³/mol. The van der Waals surface area contributed by atoms with Gasteiger partial charge in [0.1, 0.15) is 11.4 Å². The lowest BCUT2D eigenvalue weighted by atomic mass is 10.2. The molecule has 0 aliphatic heterocycles. The summed E-state index contributed by atoms with van der Waals surface area (Å²) in [6, 6.07) is 29.9. The van der Waals surface area contributed by atoms with Crippen molar-refractivity contribution in [3.8, 4) is 22.1 Å². The molecule has 0 spiro atoms. The Bertz CT molecular complexity index is 938. The second kappa shape index (κ2) is 7.20. The van der Waals surface area contributed by atoms with E-state index < -0.39 is 0 Å². The maximum Gasteiger partial charge on any atom is 0.210 e. The van der Waals surface area contributed by atoms with Crippen molar-refractivity contribution < 1.29 is 4.74 Å². The Hall–Kier alpha value is -3.11. The topological polar surface area (TPSA) is 34.2 Å². The molecule has 0 fully saturated rings. The fourth-order valence-corrected chi connectivity index (χ4v) is 3.33. The van der Waals surface area contributed by atoms with Crippen LogP contribution in [0, 0.1) is 0 Å². The van der Waals surface area contributed by atoms with Gasteiger partial charge in [-0.15, -0.1) is 0 Å². The van der Waals surface area contributed by atoms with Crippen molar-refractivity contribution in [3.05, 3.63) is 91.0 Å². The van der Waals surface area contributed by atoms with Gasteiger partial charge in [0.2, 0.25) is 5.06 Å². The molecule has 3 nitrogen and oxygen atoms in total. The maximum atomic E-state index is 6.10. The lowest BCUT2D eigenvalue weighted by Gasteiger charge is -2.04. The van der Waals surface area contributed by atoms with E-state index in [0.29, 0.717) is 0 Å². The minimum absolute atomic E-state index is 0.774. The first-order chi connectivity index (χ1) is 12.4. The van der Waals surface area contributed by atoms with Crippen LogP contribution in [0.1, 0.15) is 0 Å². The molecule has 122 valence electrons. The number of thiazole rings is 1. The van der Waals surface area contributed by atoms with Crippen molar-refractivity contribution in [1.29, 1.82) is 0 Å². The van der Waals surface area contributed by atoms with E-state index >= 15 is 0 Å². The molecule has 25 heavy (non-hydrogen) atoms. The summed E-state index contributed by atoms with van der Waals surface area (Å²) >= 11 is 1.50. The first-order valence-electron chi connectivity index (χ1n) is 8.00. The van der Waals surface area contributed by atoms with Crippen LogP contribution in [-0.4, -0.2) is 4.98 Å². The molecule has 0 saturated heterocycles. The third-order valence-corrected chi connectivity index (χ3v) is 4.47. The fourth-order valence-electron chi connectivity index (χ4n) is 2.45. The highest BCUT2D eigenvalue weighted by Gasteiger charge is 2.15. The van der Waals surface area contributed by atoms with E-state index in [1.165, 1.54) is 11.3 Å². The molecule has 4 aromatic rings. The zero-order valence-corrected chi connectivity index (χ0v) is 14.2. The molecule has 0 unspecified atom stereocenters. The summed E-state index contributed by atoms with van der Waals surface area (Å²) in [6.45, 7) is 0. The number of nitrogens with zero attached hydrogens (tertiary/aromatic N) is 1. The Morgan fingerprint density at radius 3 is 2.00 bits per heavy atom. The van der Waals surface area contributed by atoms with Crippen molar-refractivity contribution in [1.82, 2.24) is 4.98 Å². The van der Waals surface area contributed by atoms with Crippen LogP contribution in [0.4, 0.5) is 10.8 Å². The molecule has 0 aliphatic carbocycles. The van der Waals surface area contributed by atoms with Crippen LogP contribution in [0.25, 0.3) is 11.3 Å². The van der Waals surface area contributed by atoms with Crippen molar-refractivity contribution in [3.63, 3.8) is 0 Å². The normalized spacial score (nSPS) is 10.4. The first-order valence-corrected chi connectivity index (χ1v) is 8.81. The largest absolute Gasteiger partial charge is 0.444 e. The SMILES string of the molecule is c1ccc(Nc2nc(-c3ccccc3)c(Oc3ccccc3)s2)cc1. The zero-order chi connectivity index (χ0) is 16.9. The van der Waals surface area contributed by atoms with Crippen LogP contribution in [0.3, 0.4) is 0 Å². The Balaban J connectivity index is 1.70. The molecule has 0 radical (unpaired) electrons. The summed E-state index contributed by atoms with van der Waals surface area (Å²) in [4.78, 5) is 4.75. The summed E-state index contributed by atoms with van der Waals surface area (Å²) in [5, 5.41) is 4.92. The van der Waals surface area contributed by atoms with Gasteiger partial charge in [0.05, 0.1) is 0 Å². The zero-order valence-electron chi connectivity index (χ0n) is 13.4. The number of anilines is 2. The number of aromatic nitrogens is 1. The van der Waals surface area contributed by atoms with Crippen LogP contribution in [0.2, 0.25) is 0 Å². The Kier molecular flexibility index (Phi) is 4.44. The summed E-state index contributed by atoms with van der Waals surface area (Å²) < 4.78 is 6.10. The lowest BCUT2D eigenvalue weighted by Crippen LogP contribution is -1.88. The van der Waals surface area contributed by atoms with E-state index in [1.54, 1.807) is 0 Å². The van der Waals surface area contributed by atoms with E-state index in [0.717, 1.165) is 32.9 Å². The average molecular weight is 344 g/mol. The number of nitrogens with one attached hydrogen (secondary N) is 1. The average Bonchev–Trinajstić information content (AvgIpc) is 3.06. The van der Waals surface area contributed by atoms with Crippen molar-refractivity contribution >= 4 is 22.2 Å². The molecule has 1 aromatic heterocycles. The van der Waals surface area contributed by atoms with Crippen LogP contribution >= 0.6 is 11.3 Å². The molecule has 0 saturated carbocycles. The van der Waals surface area contributed by atoms with Crippen molar-refractivity contribution in [2.24, 2.45) is 0 Å². The molecule has 4 heteroatoms. The number of rotatable bonds is 5. The van der Waals surface area contributed by atoms with Gasteiger partial charge in [0, 0.05) is 11.3 Å². The van der Waals surface area contributed by atoms with Gasteiger partial charge >= 0.3 is 0 Å². The standard InChI is InChI=1S/C21H16N2OS/c1-4-10-16(11-5-1)19-20(24-18-14-8-3-9-15-18)25-21(23-19)22-17-12-6-2-7-13-17/h1-15H,(H,22,23). The monoisotopic (exact) mass is 344 g/mol. The maximum absolute atomic E-state index is 6.10. The van der Waals surface area contributed by atoms with E-state index in [9.17, 15) is 0 Å². The van der Waals surface area contributed by atoms with E-state index in [2.05, 4.69) is 5.32 Å². The molecule has 4 rings (SSSR count). The second-order valence-corrected chi connectivity index (χ2v) is 6.39. The molecule has 0 bridgehead atoms. The van der Waals surface area contributed by atoms with Crippen LogP contribution in [0.5, 0.6) is 10.8 Å². The minimum atomic E-state index is 0.774. The fraction of sp³-hybridized carbons (Fsp3) is 0. The summed E-state index contributed by atoms with van der Waals surface area (Å²) in [5.74, 6) is 0.801. The van der Waals surface area contributed by atoms with Gasteiger partial charge in [0.15, 0.2) is 5.13 Å². The number of ether oxygens (including phenoxy) is 1. The minimum Gasteiger partial charge on any atom is -0.444 e. The smallest absolute Gasteiger partial charge is 0.210 e. The third-order valence-electron chi connectivity index (χ3n) is 3.62. The number of benzene rings is 3. The quantitative estimate of drug-likeness (QED) is 0.458. The number of hydrogen-bond donors (Lipinski definition) is 1. The summed E-state index contributed by atoms with van der Waals surface area (Å²) in [6.07, 6.45) is 0. The molecule has 0 atom stereocenters. The highest BCUT2D eigenvalue weighted by Crippen LogP contribution is 2.41. The Morgan fingerprint density at radius 1 is 0.720 bits per heavy atom. The van der Waals surface area contributed by atoms with Crippen LogP contribution in [0.15, 0.2) is 91.0 Å². The van der Waals surface area contributed by atoms with E-state index in [4.69, 9.17) is 9.72 Å². The first kappa shape index (κ1) is 15.4. The van der Waals surface area contributed by atoms with E-state index in [1.807, 2.05) is 91.0 Å². The number of para-hydroxylation sites is 2. The Labute approximate surface area is 150 Å². The van der Waals surface area contributed by atoms with Gasteiger partial charge in [-0.1, -0.05) is 78.1 Å². The van der Waals surface area contributed by atoms with Crippen molar-refractivity contribution in [2.45, 2.75) is 0 Å². The molecule has 1 heterocycles. The van der Waals surface area contributed by atoms with Gasteiger partial charge in [-0.3, -0.25) is 0 Å². The van der Waals surface area contributed by atoms with Gasteiger partial charge in [-0.25, -0.2) is 4.98 Å². The molecule has 0 aliphatic rings. The predicted octanol–water partition coefficient (Wildman–Crippen LogP) is 6.35. The Morgan fingerprint density at radius 2 is 1.32 bits per heavy atom.